The van der Waals surface area contributed by atoms with Gasteiger partial charge in [-0.2, -0.15) is 0 Å². The van der Waals surface area contributed by atoms with E-state index in [1.165, 1.54) is 0 Å². The van der Waals surface area contributed by atoms with Crippen LogP contribution in [0.5, 0.6) is 0 Å². The number of aliphatic hydroxyl groups excluding tert-OH is 1. The van der Waals surface area contributed by atoms with Gasteiger partial charge in [-0.3, -0.25) is 0 Å². The molecule has 8 heteroatoms. The molecule has 0 aliphatic carbocycles. The van der Waals surface area contributed by atoms with E-state index in [1.807, 2.05) is 0 Å². The van der Waals surface area contributed by atoms with Crippen LogP contribution in [-0.2, 0) is 6.61 Å². The lowest BCUT2D eigenvalue weighted by Gasteiger charge is -2.40. The second kappa shape index (κ2) is 2.62. The smallest absolute Gasteiger partial charge is 0.310 e. The first-order chi connectivity index (χ1) is 6.44. The molecular formula is C7H6F6OS. The summed E-state index contributed by atoms with van der Waals surface area (Å²) in [7, 11) is -9.82. The van der Waals surface area contributed by atoms with Crippen molar-refractivity contribution < 1.29 is 28.9 Å². The Hall–Kier alpha value is -0.890. The Morgan fingerprint density at radius 3 is 1.93 bits per heavy atom. The summed E-state index contributed by atoms with van der Waals surface area (Å²) in [5.41, 5.74) is -0.472. The fourth-order valence-corrected chi connectivity index (χ4v) is 1.55. The van der Waals surface area contributed by atoms with Crippen LogP contribution in [0.25, 0.3) is 0 Å². The van der Waals surface area contributed by atoms with Crippen molar-refractivity contribution in [2.45, 2.75) is 11.5 Å². The van der Waals surface area contributed by atoms with Crippen molar-refractivity contribution in [1.29, 1.82) is 0 Å². The highest BCUT2D eigenvalue weighted by Crippen LogP contribution is 3.02. The molecule has 0 radical (unpaired) electrons. The zero-order valence-electron chi connectivity index (χ0n) is 7.06. The van der Waals surface area contributed by atoms with Crippen molar-refractivity contribution in [2.75, 3.05) is 0 Å². The van der Waals surface area contributed by atoms with E-state index >= 15 is 0 Å². The molecule has 0 aliphatic rings. The van der Waals surface area contributed by atoms with Crippen molar-refractivity contribution in [2.24, 2.45) is 0 Å². The summed E-state index contributed by atoms with van der Waals surface area (Å²) in [6.07, 6.45) is 0. The van der Waals surface area contributed by atoms with Crippen LogP contribution in [-0.4, -0.2) is 5.11 Å². The van der Waals surface area contributed by atoms with E-state index in [9.17, 15) is 23.8 Å². The van der Waals surface area contributed by atoms with Gasteiger partial charge in [0.2, 0.25) is 0 Å². The molecule has 1 aromatic carbocycles. The Morgan fingerprint density at radius 2 is 1.60 bits per heavy atom. The summed E-state index contributed by atoms with van der Waals surface area (Å²) in [6.45, 7) is -0.855. The Balaban J connectivity index is 3.39. The monoisotopic (exact) mass is 252 g/mol. The zero-order chi connectivity index (χ0) is 12.0. The number of rotatable bonds is 2. The lowest BCUT2D eigenvalue weighted by atomic mass is 10.2. The van der Waals surface area contributed by atoms with Gasteiger partial charge in [-0.15, -0.1) is 0 Å². The van der Waals surface area contributed by atoms with Gasteiger partial charge < -0.3 is 5.11 Å². The van der Waals surface area contributed by atoms with E-state index in [1.54, 1.807) is 0 Å². The van der Waals surface area contributed by atoms with Gasteiger partial charge >= 0.3 is 10.2 Å². The maximum Gasteiger partial charge on any atom is 0.310 e. The summed E-state index contributed by atoms with van der Waals surface area (Å²) < 4.78 is 73.4. The average Bonchev–Trinajstić information content (AvgIpc) is 2.00. The molecule has 1 nitrogen and oxygen atoms in total. The fourth-order valence-electron chi connectivity index (χ4n) is 0.896. The highest BCUT2D eigenvalue weighted by molar-refractivity contribution is 8.45. The second-order valence-corrected chi connectivity index (χ2v) is 5.29. The van der Waals surface area contributed by atoms with Crippen LogP contribution in [0, 0.1) is 5.82 Å². The van der Waals surface area contributed by atoms with Crippen molar-refractivity contribution in [1.82, 2.24) is 0 Å². The molecule has 0 bridgehead atoms. The molecule has 0 unspecified atom stereocenters. The third-order valence-corrected chi connectivity index (χ3v) is 2.79. The number of benzene rings is 1. The van der Waals surface area contributed by atoms with E-state index < -0.39 is 33.1 Å². The van der Waals surface area contributed by atoms with E-state index in [2.05, 4.69) is 0 Å². The Kier molecular flexibility index (Phi) is 2.12. The van der Waals surface area contributed by atoms with Gasteiger partial charge in [0.15, 0.2) is 0 Å². The lowest BCUT2D eigenvalue weighted by molar-refractivity contribution is 0.275. The standard InChI is InChI=1S/C7H6F6OS/c8-7-3-6(2-1-5(7)4-14)15(9,10,11,12)13/h1-3,14H,4H2. The molecule has 0 aromatic heterocycles. The molecule has 0 saturated carbocycles. The van der Waals surface area contributed by atoms with Crippen LogP contribution in [0.15, 0.2) is 23.1 Å². The minimum absolute atomic E-state index is 0.0518. The Labute approximate surface area is 81.1 Å². The average molecular weight is 252 g/mol. The zero-order valence-corrected chi connectivity index (χ0v) is 7.88. The second-order valence-electron chi connectivity index (χ2n) is 2.88. The van der Waals surface area contributed by atoms with Crippen molar-refractivity contribution in [3.05, 3.63) is 29.6 Å². The molecule has 1 N–H and O–H groups in total. The molecule has 0 saturated heterocycles. The molecule has 1 rings (SSSR count). The molecule has 88 valence electrons. The summed E-state index contributed by atoms with van der Waals surface area (Å²) >= 11 is 0. The van der Waals surface area contributed by atoms with E-state index in [0.717, 1.165) is 0 Å². The third-order valence-electron chi connectivity index (χ3n) is 1.64. The van der Waals surface area contributed by atoms with Gasteiger partial charge in [0, 0.05) is 5.56 Å². The Bertz CT molecular complexity index is 397. The molecule has 15 heavy (non-hydrogen) atoms. The topological polar surface area (TPSA) is 20.2 Å². The number of hydrogen-bond acceptors (Lipinski definition) is 1. The summed E-state index contributed by atoms with van der Waals surface area (Å²) in [4.78, 5) is -2.30. The van der Waals surface area contributed by atoms with Crippen molar-refractivity contribution >= 4 is 10.2 Å². The van der Waals surface area contributed by atoms with Gasteiger partial charge in [-0.05, 0) is 12.1 Å². The normalized spacial score (nSPS) is 17.0. The maximum atomic E-state index is 12.7. The van der Waals surface area contributed by atoms with Crippen LogP contribution in [0.1, 0.15) is 5.56 Å². The van der Waals surface area contributed by atoms with Crippen molar-refractivity contribution in [3.8, 4) is 0 Å². The summed E-state index contributed by atoms with van der Waals surface area (Å²) in [5.74, 6) is -1.51. The molecule has 0 spiro atoms. The largest absolute Gasteiger partial charge is 0.392 e. The first-order valence-electron chi connectivity index (χ1n) is 3.57. The van der Waals surface area contributed by atoms with E-state index in [4.69, 9.17) is 5.11 Å². The first-order valence-corrected chi connectivity index (χ1v) is 5.52. The molecule has 0 aliphatic heterocycles. The molecule has 1 aromatic rings. The SMILES string of the molecule is OCc1ccc(S(F)(F)(F)(F)F)cc1F. The van der Waals surface area contributed by atoms with Gasteiger partial charge in [0.1, 0.15) is 10.7 Å². The number of aliphatic hydroxyl groups is 1. The van der Waals surface area contributed by atoms with Gasteiger partial charge in [0.25, 0.3) is 0 Å². The third kappa shape index (κ3) is 2.78. The quantitative estimate of drug-likeness (QED) is 0.789. The van der Waals surface area contributed by atoms with Crippen LogP contribution in [0.3, 0.4) is 0 Å². The summed E-state index contributed by atoms with van der Waals surface area (Å²) in [5, 5.41) is 8.44. The minimum Gasteiger partial charge on any atom is -0.392 e. The van der Waals surface area contributed by atoms with Crippen LogP contribution in [0.2, 0.25) is 0 Å². The highest BCUT2D eigenvalue weighted by Gasteiger charge is 2.65. The summed E-state index contributed by atoms with van der Waals surface area (Å²) in [6, 6.07) is 0.214. The van der Waals surface area contributed by atoms with Crippen LogP contribution in [0.4, 0.5) is 23.8 Å². The van der Waals surface area contributed by atoms with E-state index in [-0.39, 0.29) is 12.1 Å². The van der Waals surface area contributed by atoms with Crippen molar-refractivity contribution in [3.63, 3.8) is 0 Å². The molecular weight excluding hydrogens is 246 g/mol. The van der Waals surface area contributed by atoms with Crippen LogP contribution >= 0.6 is 10.2 Å². The first kappa shape index (κ1) is 12.2. The maximum absolute atomic E-state index is 12.7. The van der Waals surface area contributed by atoms with E-state index in [0.29, 0.717) is 6.07 Å². The minimum atomic E-state index is -9.82. The fraction of sp³-hybridized carbons (Fsp3) is 0.143. The predicted octanol–water partition coefficient (Wildman–Crippen LogP) is 3.98. The molecule has 0 heterocycles. The molecule has 0 atom stereocenters. The van der Waals surface area contributed by atoms with Gasteiger partial charge in [-0.25, -0.2) is 4.39 Å². The lowest BCUT2D eigenvalue weighted by Crippen LogP contribution is -2.07. The number of hydrogen-bond donors (Lipinski definition) is 1. The predicted molar refractivity (Wildman–Crippen MR) is 43.7 cm³/mol. The highest BCUT2D eigenvalue weighted by atomic mass is 32.5. The van der Waals surface area contributed by atoms with Crippen LogP contribution < -0.4 is 0 Å². The van der Waals surface area contributed by atoms with Gasteiger partial charge in [0.05, 0.1) is 6.61 Å². The molecule has 0 fully saturated rings. The van der Waals surface area contributed by atoms with Gasteiger partial charge in [-0.1, -0.05) is 25.5 Å². The number of halogens is 6. The Morgan fingerprint density at radius 1 is 1.07 bits per heavy atom. The molecule has 0 amide bonds.